The van der Waals surface area contributed by atoms with Gasteiger partial charge in [-0.2, -0.15) is 0 Å². The van der Waals surface area contributed by atoms with E-state index in [4.69, 9.17) is 4.74 Å². The summed E-state index contributed by atoms with van der Waals surface area (Å²) in [5, 5.41) is 5.71. The first-order chi connectivity index (χ1) is 10.5. The van der Waals surface area contributed by atoms with Crippen molar-refractivity contribution in [2.45, 2.75) is 33.1 Å². The number of carbonyl (C=O) groups is 2. The van der Waals surface area contributed by atoms with Crippen LogP contribution in [-0.4, -0.2) is 31.6 Å². The van der Waals surface area contributed by atoms with Crippen molar-refractivity contribution in [1.82, 2.24) is 5.32 Å². The van der Waals surface area contributed by atoms with Gasteiger partial charge in [0.05, 0.1) is 6.61 Å². The van der Waals surface area contributed by atoms with Crippen molar-refractivity contribution in [3.63, 3.8) is 0 Å². The second-order valence-corrected chi connectivity index (χ2v) is 5.93. The lowest BCUT2D eigenvalue weighted by atomic mass is 9.69. The van der Waals surface area contributed by atoms with Crippen molar-refractivity contribution >= 4 is 17.5 Å². The maximum Gasteiger partial charge on any atom is 0.319 e. The summed E-state index contributed by atoms with van der Waals surface area (Å²) in [6.45, 7) is 5.54. The fourth-order valence-electron chi connectivity index (χ4n) is 2.60. The first-order valence-electron chi connectivity index (χ1n) is 7.78. The molecule has 120 valence electrons. The Balaban J connectivity index is 1.81. The standard InChI is InChI=1S/C17H24N2O3/c1-3-22-12-17(9-4-10-17)11-18-16(21)19-15-7-5-14(6-8-15)13(2)20/h5-8H,3-4,9-12H2,1-2H3,(H2,18,19,21). The Kier molecular flexibility index (Phi) is 5.55. The van der Waals surface area contributed by atoms with E-state index in [0.717, 1.165) is 12.8 Å². The van der Waals surface area contributed by atoms with Gasteiger partial charge in [0.2, 0.25) is 0 Å². The van der Waals surface area contributed by atoms with Crippen molar-refractivity contribution < 1.29 is 14.3 Å². The molecule has 1 saturated carbocycles. The van der Waals surface area contributed by atoms with Gasteiger partial charge in [-0.1, -0.05) is 6.42 Å². The molecular formula is C17H24N2O3. The number of hydrogen-bond acceptors (Lipinski definition) is 3. The summed E-state index contributed by atoms with van der Waals surface area (Å²) >= 11 is 0. The average molecular weight is 304 g/mol. The number of amides is 2. The molecule has 2 amide bonds. The molecule has 0 radical (unpaired) electrons. The number of ether oxygens (including phenoxy) is 1. The number of rotatable bonds is 7. The van der Waals surface area contributed by atoms with E-state index in [1.807, 2.05) is 6.92 Å². The van der Waals surface area contributed by atoms with Gasteiger partial charge < -0.3 is 15.4 Å². The molecule has 22 heavy (non-hydrogen) atoms. The van der Waals surface area contributed by atoms with Crippen LogP contribution in [-0.2, 0) is 4.74 Å². The number of nitrogens with one attached hydrogen (secondary N) is 2. The molecule has 5 nitrogen and oxygen atoms in total. The third-order valence-electron chi connectivity index (χ3n) is 4.20. The minimum absolute atomic E-state index is 0.0128. The Labute approximate surface area is 131 Å². The predicted octanol–water partition coefficient (Wildman–Crippen LogP) is 3.22. The smallest absolute Gasteiger partial charge is 0.319 e. The van der Waals surface area contributed by atoms with Crippen molar-refractivity contribution in [2.75, 3.05) is 25.1 Å². The summed E-state index contributed by atoms with van der Waals surface area (Å²) in [6, 6.07) is 6.66. The van der Waals surface area contributed by atoms with Crippen LogP contribution in [0.1, 0.15) is 43.5 Å². The molecule has 0 saturated heterocycles. The summed E-state index contributed by atoms with van der Waals surface area (Å²) in [6.07, 6.45) is 3.39. The number of ketones is 1. The molecule has 2 rings (SSSR count). The molecule has 0 atom stereocenters. The maximum atomic E-state index is 12.0. The Morgan fingerprint density at radius 1 is 1.23 bits per heavy atom. The van der Waals surface area contributed by atoms with Gasteiger partial charge in [-0.3, -0.25) is 4.79 Å². The van der Waals surface area contributed by atoms with Crippen LogP contribution >= 0.6 is 0 Å². The number of Topliss-reactive ketones (excluding diaryl/α,β-unsaturated/α-hetero) is 1. The first kappa shape index (κ1) is 16.5. The minimum atomic E-state index is -0.224. The highest BCUT2D eigenvalue weighted by molar-refractivity contribution is 5.95. The monoisotopic (exact) mass is 304 g/mol. The van der Waals surface area contributed by atoms with Gasteiger partial charge in [-0.25, -0.2) is 4.79 Å². The fourth-order valence-corrected chi connectivity index (χ4v) is 2.60. The normalized spacial score (nSPS) is 15.7. The Bertz CT molecular complexity index is 521. The van der Waals surface area contributed by atoms with E-state index in [9.17, 15) is 9.59 Å². The Morgan fingerprint density at radius 2 is 1.91 bits per heavy atom. The van der Waals surface area contributed by atoms with Crippen LogP contribution in [0, 0.1) is 5.41 Å². The van der Waals surface area contributed by atoms with E-state index in [2.05, 4.69) is 10.6 Å². The van der Waals surface area contributed by atoms with Gasteiger partial charge in [0.15, 0.2) is 5.78 Å². The lowest BCUT2D eigenvalue weighted by Crippen LogP contribution is -2.46. The number of hydrogen-bond donors (Lipinski definition) is 2. The van der Waals surface area contributed by atoms with E-state index >= 15 is 0 Å². The number of urea groups is 1. The lowest BCUT2D eigenvalue weighted by Gasteiger charge is -2.41. The van der Waals surface area contributed by atoms with Gasteiger partial charge in [0, 0.05) is 29.8 Å². The Morgan fingerprint density at radius 3 is 2.41 bits per heavy atom. The summed E-state index contributed by atoms with van der Waals surface area (Å²) in [5.74, 6) is 0.0128. The largest absolute Gasteiger partial charge is 0.381 e. The molecule has 1 aliphatic rings. The van der Waals surface area contributed by atoms with Crippen LogP contribution < -0.4 is 10.6 Å². The lowest BCUT2D eigenvalue weighted by molar-refractivity contribution is 0.00132. The number of carbonyl (C=O) groups excluding carboxylic acids is 2. The molecule has 1 aliphatic carbocycles. The van der Waals surface area contributed by atoms with Crippen LogP contribution in [0.2, 0.25) is 0 Å². The van der Waals surface area contributed by atoms with Crippen LogP contribution in [0.25, 0.3) is 0 Å². The molecule has 0 unspecified atom stereocenters. The summed E-state index contributed by atoms with van der Waals surface area (Å²) in [5.41, 5.74) is 1.41. The number of benzene rings is 1. The molecule has 5 heteroatoms. The van der Waals surface area contributed by atoms with E-state index < -0.39 is 0 Å². The maximum absolute atomic E-state index is 12.0. The zero-order valence-electron chi connectivity index (χ0n) is 13.3. The van der Waals surface area contributed by atoms with Crippen LogP contribution in [0.4, 0.5) is 10.5 Å². The van der Waals surface area contributed by atoms with Crippen LogP contribution in [0.3, 0.4) is 0 Å². The first-order valence-corrected chi connectivity index (χ1v) is 7.78. The minimum Gasteiger partial charge on any atom is -0.381 e. The van der Waals surface area contributed by atoms with Crippen molar-refractivity contribution in [2.24, 2.45) is 5.41 Å². The molecular weight excluding hydrogens is 280 g/mol. The van der Waals surface area contributed by atoms with Gasteiger partial charge >= 0.3 is 6.03 Å². The highest BCUT2D eigenvalue weighted by atomic mass is 16.5. The highest BCUT2D eigenvalue weighted by Gasteiger charge is 2.37. The Hall–Kier alpha value is -1.88. The molecule has 0 aromatic heterocycles. The molecule has 2 N–H and O–H groups in total. The van der Waals surface area contributed by atoms with E-state index in [1.54, 1.807) is 24.3 Å². The highest BCUT2D eigenvalue weighted by Crippen LogP contribution is 2.40. The second-order valence-electron chi connectivity index (χ2n) is 5.93. The summed E-state index contributed by atoms with van der Waals surface area (Å²) < 4.78 is 5.52. The van der Waals surface area contributed by atoms with E-state index in [-0.39, 0.29) is 17.2 Å². The predicted molar refractivity (Wildman–Crippen MR) is 86.2 cm³/mol. The molecule has 0 spiro atoms. The van der Waals surface area contributed by atoms with Gasteiger partial charge in [-0.05, 0) is 51.0 Å². The molecule has 1 aromatic carbocycles. The van der Waals surface area contributed by atoms with Gasteiger partial charge in [0.1, 0.15) is 0 Å². The number of anilines is 1. The van der Waals surface area contributed by atoms with Gasteiger partial charge in [0.25, 0.3) is 0 Å². The fraction of sp³-hybridized carbons (Fsp3) is 0.529. The zero-order valence-corrected chi connectivity index (χ0v) is 13.3. The summed E-state index contributed by atoms with van der Waals surface area (Å²) in [4.78, 5) is 23.2. The molecule has 0 heterocycles. The van der Waals surface area contributed by atoms with Crippen molar-refractivity contribution in [3.8, 4) is 0 Å². The zero-order chi connectivity index (χ0) is 16.0. The van der Waals surface area contributed by atoms with Crippen molar-refractivity contribution in [3.05, 3.63) is 29.8 Å². The van der Waals surface area contributed by atoms with E-state index in [0.29, 0.717) is 31.0 Å². The third kappa shape index (κ3) is 4.31. The molecule has 1 fully saturated rings. The topological polar surface area (TPSA) is 67.4 Å². The third-order valence-corrected chi connectivity index (χ3v) is 4.20. The van der Waals surface area contributed by atoms with Crippen LogP contribution in [0.15, 0.2) is 24.3 Å². The van der Waals surface area contributed by atoms with E-state index in [1.165, 1.54) is 13.3 Å². The summed E-state index contributed by atoms with van der Waals surface area (Å²) in [7, 11) is 0. The SMILES string of the molecule is CCOCC1(CNC(=O)Nc2ccc(C(C)=O)cc2)CCC1. The molecule has 0 aliphatic heterocycles. The van der Waals surface area contributed by atoms with Gasteiger partial charge in [-0.15, -0.1) is 0 Å². The van der Waals surface area contributed by atoms with Crippen LogP contribution in [0.5, 0.6) is 0 Å². The average Bonchev–Trinajstić information content (AvgIpc) is 2.46. The molecule has 1 aromatic rings. The van der Waals surface area contributed by atoms with Crippen molar-refractivity contribution in [1.29, 1.82) is 0 Å². The quantitative estimate of drug-likeness (QED) is 0.760. The molecule has 0 bridgehead atoms. The second kappa shape index (κ2) is 7.40.